The fraction of sp³-hybridized carbons (Fsp3) is 0.300. The minimum atomic E-state index is -0.924. The number of hydrogen-bond acceptors (Lipinski definition) is 5. The number of esters is 1. The van der Waals surface area contributed by atoms with E-state index in [4.69, 9.17) is 14.2 Å². The van der Waals surface area contributed by atoms with Crippen molar-refractivity contribution in [3.8, 4) is 11.5 Å². The van der Waals surface area contributed by atoms with Crippen molar-refractivity contribution in [1.29, 1.82) is 0 Å². The third kappa shape index (κ3) is 4.75. The molecule has 0 radical (unpaired) electrons. The van der Waals surface area contributed by atoms with Crippen LogP contribution in [-0.2, 0) is 16.1 Å². The van der Waals surface area contributed by atoms with Crippen LogP contribution in [-0.4, -0.2) is 44.1 Å². The lowest BCUT2D eigenvalue weighted by atomic mass is 10.2. The normalized spacial score (nSPS) is 11.4. The lowest BCUT2D eigenvalue weighted by Gasteiger charge is -2.22. The van der Waals surface area contributed by atoms with E-state index in [0.29, 0.717) is 18.0 Å². The molecule has 2 rings (SSSR count). The quantitative estimate of drug-likeness (QED) is 0.713. The number of hydrogen-bond donors (Lipinski definition) is 0. The van der Waals surface area contributed by atoms with Crippen molar-refractivity contribution in [2.24, 2.45) is 0 Å². The van der Waals surface area contributed by atoms with Gasteiger partial charge in [-0.25, -0.2) is 4.79 Å². The summed E-state index contributed by atoms with van der Waals surface area (Å²) in [6, 6.07) is 14.4. The molecule has 26 heavy (non-hydrogen) atoms. The van der Waals surface area contributed by atoms with E-state index < -0.39 is 12.1 Å². The summed E-state index contributed by atoms with van der Waals surface area (Å²) in [4.78, 5) is 26.5. The number of carbonyl (C=O) groups excluding carboxylic acids is 2. The van der Waals surface area contributed by atoms with Gasteiger partial charge in [-0.2, -0.15) is 0 Å². The minimum Gasteiger partial charge on any atom is -0.497 e. The van der Waals surface area contributed by atoms with Crippen LogP contribution in [0.15, 0.2) is 48.5 Å². The number of likely N-dealkylation sites (N-methyl/N-ethyl adjacent to an activating group) is 1. The summed E-state index contributed by atoms with van der Waals surface area (Å²) in [5.74, 6) is -0.0789. The van der Waals surface area contributed by atoms with Gasteiger partial charge in [-0.1, -0.05) is 30.3 Å². The van der Waals surface area contributed by atoms with Crippen LogP contribution in [0.1, 0.15) is 22.8 Å². The molecule has 0 fully saturated rings. The van der Waals surface area contributed by atoms with E-state index in [-0.39, 0.29) is 11.5 Å². The Balaban J connectivity index is 2.05. The Morgan fingerprint density at radius 1 is 1.04 bits per heavy atom. The van der Waals surface area contributed by atoms with Gasteiger partial charge in [0, 0.05) is 13.6 Å². The van der Waals surface area contributed by atoms with Gasteiger partial charge in [0.25, 0.3) is 5.91 Å². The molecule has 0 aliphatic carbocycles. The van der Waals surface area contributed by atoms with Gasteiger partial charge in [0.1, 0.15) is 17.1 Å². The summed E-state index contributed by atoms with van der Waals surface area (Å²) in [7, 11) is 4.63. The van der Waals surface area contributed by atoms with E-state index in [2.05, 4.69) is 0 Å². The van der Waals surface area contributed by atoms with Gasteiger partial charge in [-0.05, 0) is 30.7 Å². The van der Waals surface area contributed by atoms with E-state index in [0.717, 1.165) is 5.56 Å². The molecule has 2 aromatic carbocycles. The van der Waals surface area contributed by atoms with Crippen LogP contribution in [0.5, 0.6) is 11.5 Å². The van der Waals surface area contributed by atoms with Gasteiger partial charge in [0.15, 0.2) is 6.10 Å². The molecule has 0 aliphatic rings. The molecule has 6 heteroatoms. The molecule has 0 aromatic heterocycles. The van der Waals surface area contributed by atoms with Crippen molar-refractivity contribution in [3.63, 3.8) is 0 Å². The molecule has 2 aromatic rings. The second-order valence-electron chi connectivity index (χ2n) is 5.79. The van der Waals surface area contributed by atoms with Crippen molar-refractivity contribution in [1.82, 2.24) is 4.90 Å². The SMILES string of the molecule is COc1ccc(OC)c(C(=O)O[C@@H](C)C(=O)N(C)Cc2ccccc2)c1. The maximum atomic E-state index is 12.5. The van der Waals surface area contributed by atoms with Gasteiger partial charge in [0.2, 0.25) is 0 Å². The maximum Gasteiger partial charge on any atom is 0.342 e. The first-order valence-electron chi connectivity index (χ1n) is 8.18. The molecule has 0 spiro atoms. The number of ether oxygens (including phenoxy) is 3. The molecular weight excluding hydrogens is 334 g/mol. The van der Waals surface area contributed by atoms with E-state index in [1.165, 1.54) is 25.2 Å². The molecule has 0 saturated carbocycles. The van der Waals surface area contributed by atoms with Crippen molar-refractivity contribution < 1.29 is 23.8 Å². The number of amides is 1. The monoisotopic (exact) mass is 357 g/mol. The van der Waals surface area contributed by atoms with Crippen LogP contribution in [0.4, 0.5) is 0 Å². The van der Waals surface area contributed by atoms with Gasteiger partial charge in [-0.3, -0.25) is 4.79 Å². The number of carbonyl (C=O) groups is 2. The fourth-order valence-corrected chi connectivity index (χ4v) is 2.49. The fourth-order valence-electron chi connectivity index (χ4n) is 2.49. The van der Waals surface area contributed by atoms with Crippen molar-refractivity contribution >= 4 is 11.9 Å². The predicted molar refractivity (Wildman–Crippen MR) is 97.3 cm³/mol. The lowest BCUT2D eigenvalue weighted by molar-refractivity contribution is -0.139. The van der Waals surface area contributed by atoms with E-state index in [1.54, 1.807) is 26.1 Å². The number of rotatable bonds is 7. The summed E-state index contributed by atoms with van der Waals surface area (Å²) < 4.78 is 15.6. The van der Waals surface area contributed by atoms with Crippen LogP contribution in [0.2, 0.25) is 0 Å². The molecule has 0 bridgehead atoms. The Bertz CT molecular complexity index is 760. The van der Waals surface area contributed by atoms with Crippen molar-refractivity contribution in [3.05, 3.63) is 59.7 Å². The average molecular weight is 357 g/mol. The Morgan fingerprint density at radius 2 is 1.73 bits per heavy atom. The van der Waals surface area contributed by atoms with Crippen LogP contribution < -0.4 is 9.47 Å². The highest BCUT2D eigenvalue weighted by atomic mass is 16.5. The Hall–Kier alpha value is -3.02. The molecule has 1 amide bonds. The standard InChI is InChI=1S/C20H23NO5/c1-14(19(22)21(2)13-15-8-6-5-7-9-15)26-20(23)17-12-16(24-3)10-11-18(17)25-4/h5-12,14H,13H2,1-4H3/t14-/m0/s1. The summed E-state index contributed by atoms with van der Waals surface area (Å²) in [6.07, 6.45) is -0.924. The summed E-state index contributed by atoms with van der Waals surface area (Å²) in [5.41, 5.74) is 1.20. The Kier molecular flexibility index (Phi) is 6.60. The van der Waals surface area contributed by atoms with Gasteiger partial charge < -0.3 is 19.1 Å². The molecule has 0 saturated heterocycles. The molecule has 0 aliphatic heterocycles. The molecule has 0 unspecified atom stereocenters. The van der Waals surface area contributed by atoms with E-state index in [9.17, 15) is 9.59 Å². The summed E-state index contributed by atoms with van der Waals surface area (Å²) in [5, 5.41) is 0. The third-order valence-corrected chi connectivity index (χ3v) is 3.90. The van der Waals surface area contributed by atoms with E-state index >= 15 is 0 Å². The highest BCUT2D eigenvalue weighted by Crippen LogP contribution is 2.25. The Labute approximate surface area is 153 Å². The predicted octanol–water partition coefficient (Wildman–Crippen LogP) is 2.91. The molecule has 0 heterocycles. The first kappa shape index (κ1) is 19.3. The first-order chi connectivity index (χ1) is 12.5. The topological polar surface area (TPSA) is 65.1 Å². The molecule has 138 valence electrons. The summed E-state index contributed by atoms with van der Waals surface area (Å²) >= 11 is 0. The van der Waals surface area contributed by atoms with Crippen molar-refractivity contribution in [2.45, 2.75) is 19.6 Å². The second kappa shape index (κ2) is 8.89. The first-order valence-corrected chi connectivity index (χ1v) is 8.18. The van der Waals surface area contributed by atoms with Crippen LogP contribution in [0.3, 0.4) is 0 Å². The molecule has 6 nitrogen and oxygen atoms in total. The van der Waals surface area contributed by atoms with Crippen LogP contribution >= 0.6 is 0 Å². The maximum absolute atomic E-state index is 12.5. The van der Waals surface area contributed by atoms with Crippen LogP contribution in [0.25, 0.3) is 0 Å². The van der Waals surface area contributed by atoms with Gasteiger partial charge >= 0.3 is 5.97 Å². The zero-order valence-electron chi connectivity index (χ0n) is 15.4. The average Bonchev–Trinajstić information content (AvgIpc) is 2.67. The third-order valence-electron chi connectivity index (χ3n) is 3.90. The zero-order valence-corrected chi connectivity index (χ0v) is 15.4. The number of nitrogens with zero attached hydrogens (tertiary/aromatic N) is 1. The number of benzene rings is 2. The molecular formula is C20H23NO5. The zero-order chi connectivity index (χ0) is 19.1. The van der Waals surface area contributed by atoms with Gasteiger partial charge in [-0.15, -0.1) is 0 Å². The molecule has 1 atom stereocenters. The van der Waals surface area contributed by atoms with E-state index in [1.807, 2.05) is 30.3 Å². The van der Waals surface area contributed by atoms with Crippen LogP contribution in [0, 0.1) is 0 Å². The highest BCUT2D eigenvalue weighted by molar-refractivity contribution is 5.95. The smallest absolute Gasteiger partial charge is 0.342 e. The number of methoxy groups -OCH3 is 2. The minimum absolute atomic E-state index is 0.206. The lowest BCUT2D eigenvalue weighted by Crippen LogP contribution is -2.37. The second-order valence-corrected chi connectivity index (χ2v) is 5.79. The van der Waals surface area contributed by atoms with Crippen molar-refractivity contribution in [2.75, 3.05) is 21.3 Å². The van der Waals surface area contributed by atoms with Gasteiger partial charge in [0.05, 0.1) is 14.2 Å². The Morgan fingerprint density at radius 3 is 2.35 bits per heavy atom. The highest BCUT2D eigenvalue weighted by Gasteiger charge is 2.24. The molecule has 0 N–H and O–H groups in total. The summed E-state index contributed by atoms with van der Waals surface area (Å²) in [6.45, 7) is 1.98. The largest absolute Gasteiger partial charge is 0.497 e.